The zero-order chi connectivity index (χ0) is 18.8. The second-order valence-electron chi connectivity index (χ2n) is 6.56. The highest BCUT2D eigenvalue weighted by atomic mass is 19.1. The molecule has 0 spiro atoms. The maximum atomic E-state index is 14.3. The summed E-state index contributed by atoms with van der Waals surface area (Å²) in [5, 5.41) is 8.63. The molecule has 0 bridgehead atoms. The van der Waals surface area contributed by atoms with Crippen molar-refractivity contribution >= 4 is 28.5 Å². The van der Waals surface area contributed by atoms with Gasteiger partial charge in [-0.15, -0.1) is 0 Å². The lowest BCUT2D eigenvalue weighted by Gasteiger charge is -2.13. The summed E-state index contributed by atoms with van der Waals surface area (Å²) in [5.41, 5.74) is 2.21. The minimum Gasteiger partial charge on any atom is -0.380 e. The van der Waals surface area contributed by atoms with Crippen molar-refractivity contribution in [3.8, 4) is 0 Å². The van der Waals surface area contributed by atoms with E-state index in [1.807, 2.05) is 0 Å². The van der Waals surface area contributed by atoms with Crippen LogP contribution in [0.1, 0.15) is 18.4 Å². The standard InChI is InChI=1S/C20H19F2N3O2/c21-12-3-5-18-15(8-12)16(20(26)25-18)11-23-13-4-6-19(17(22)9-13)24-10-14-2-1-7-27-14/h3-6,8-9,11,14,23-24H,1-2,7,10H2,(H,25,26)/b16-11+. The van der Waals surface area contributed by atoms with E-state index in [0.717, 1.165) is 19.4 Å². The van der Waals surface area contributed by atoms with Crippen LogP contribution in [-0.2, 0) is 9.53 Å². The van der Waals surface area contributed by atoms with Gasteiger partial charge in [0.05, 0.1) is 17.4 Å². The quantitative estimate of drug-likeness (QED) is 0.696. The third-order valence-corrected chi connectivity index (χ3v) is 4.66. The van der Waals surface area contributed by atoms with Crippen molar-refractivity contribution in [1.82, 2.24) is 0 Å². The van der Waals surface area contributed by atoms with Gasteiger partial charge in [0.1, 0.15) is 11.6 Å². The lowest BCUT2D eigenvalue weighted by molar-refractivity contribution is -0.110. The fourth-order valence-corrected chi connectivity index (χ4v) is 3.24. The van der Waals surface area contributed by atoms with E-state index < -0.39 is 11.6 Å². The minimum absolute atomic E-state index is 0.119. The first-order chi connectivity index (χ1) is 13.1. The average Bonchev–Trinajstić information content (AvgIpc) is 3.26. The largest absolute Gasteiger partial charge is 0.380 e. The summed E-state index contributed by atoms with van der Waals surface area (Å²) in [4.78, 5) is 12.1. The van der Waals surface area contributed by atoms with Gasteiger partial charge in [0.2, 0.25) is 0 Å². The number of nitrogens with one attached hydrogen (secondary N) is 3. The van der Waals surface area contributed by atoms with E-state index in [2.05, 4.69) is 16.0 Å². The molecule has 2 heterocycles. The van der Waals surface area contributed by atoms with Gasteiger partial charge in [0.25, 0.3) is 5.91 Å². The Morgan fingerprint density at radius 2 is 2.11 bits per heavy atom. The zero-order valence-electron chi connectivity index (χ0n) is 14.5. The Labute approximate surface area is 155 Å². The molecule has 140 valence electrons. The summed E-state index contributed by atoms with van der Waals surface area (Å²) in [7, 11) is 0. The number of carbonyl (C=O) groups excluding carboxylic acids is 1. The maximum Gasteiger partial charge on any atom is 0.257 e. The molecule has 0 aromatic heterocycles. The number of ether oxygens (including phenoxy) is 1. The molecule has 2 aliphatic rings. The Hall–Kier alpha value is -2.93. The maximum absolute atomic E-state index is 14.3. The second kappa shape index (κ2) is 7.36. The molecule has 7 heteroatoms. The molecule has 2 aromatic carbocycles. The van der Waals surface area contributed by atoms with Gasteiger partial charge in [-0.2, -0.15) is 0 Å². The van der Waals surface area contributed by atoms with Gasteiger partial charge in [-0.05, 0) is 49.2 Å². The molecule has 27 heavy (non-hydrogen) atoms. The van der Waals surface area contributed by atoms with Crippen LogP contribution in [0.3, 0.4) is 0 Å². The molecule has 2 aliphatic heterocycles. The molecule has 4 rings (SSSR count). The minimum atomic E-state index is -0.427. The molecule has 1 atom stereocenters. The second-order valence-corrected chi connectivity index (χ2v) is 6.56. The van der Waals surface area contributed by atoms with Crippen LogP contribution in [0.4, 0.5) is 25.8 Å². The Bertz CT molecular complexity index is 908. The van der Waals surface area contributed by atoms with Gasteiger partial charge in [0, 0.05) is 36.3 Å². The third kappa shape index (κ3) is 3.78. The van der Waals surface area contributed by atoms with Crippen molar-refractivity contribution in [1.29, 1.82) is 0 Å². The first kappa shape index (κ1) is 17.5. The monoisotopic (exact) mass is 371 g/mol. The fourth-order valence-electron chi connectivity index (χ4n) is 3.24. The third-order valence-electron chi connectivity index (χ3n) is 4.66. The van der Waals surface area contributed by atoms with Crippen LogP contribution in [-0.4, -0.2) is 25.2 Å². The molecular formula is C20H19F2N3O2. The van der Waals surface area contributed by atoms with Gasteiger partial charge in [0.15, 0.2) is 0 Å². The van der Waals surface area contributed by atoms with Gasteiger partial charge in [-0.25, -0.2) is 8.78 Å². The number of fused-ring (bicyclic) bond motifs is 1. The van der Waals surface area contributed by atoms with Crippen LogP contribution in [0.15, 0.2) is 42.6 Å². The topological polar surface area (TPSA) is 62.4 Å². The number of hydrogen-bond donors (Lipinski definition) is 3. The molecular weight excluding hydrogens is 352 g/mol. The van der Waals surface area contributed by atoms with Crippen molar-refractivity contribution in [2.75, 3.05) is 29.1 Å². The van der Waals surface area contributed by atoms with Crippen molar-refractivity contribution in [2.45, 2.75) is 18.9 Å². The van der Waals surface area contributed by atoms with E-state index in [-0.39, 0.29) is 12.0 Å². The lowest BCUT2D eigenvalue weighted by atomic mass is 10.1. The van der Waals surface area contributed by atoms with Gasteiger partial charge in [-0.3, -0.25) is 4.79 Å². The molecule has 0 radical (unpaired) electrons. The number of carbonyl (C=O) groups is 1. The van der Waals surface area contributed by atoms with Crippen molar-refractivity contribution in [3.63, 3.8) is 0 Å². The molecule has 0 saturated carbocycles. The molecule has 1 unspecified atom stereocenters. The normalized spacial score (nSPS) is 19.9. The number of benzene rings is 2. The summed E-state index contributed by atoms with van der Waals surface area (Å²) < 4.78 is 33.3. The Kier molecular flexibility index (Phi) is 4.77. The van der Waals surface area contributed by atoms with Crippen molar-refractivity contribution in [3.05, 3.63) is 59.8 Å². The van der Waals surface area contributed by atoms with Crippen LogP contribution in [0.5, 0.6) is 0 Å². The average molecular weight is 371 g/mol. The van der Waals surface area contributed by atoms with Crippen LogP contribution < -0.4 is 16.0 Å². The molecule has 3 N–H and O–H groups in total. The van der Waals surface area contributed by atoms with Gasteiger partial charge in [-0.1, -0.05) is 0 Å². The van der Waals surface area contributed by atoms with Crippen molar-refractivity contribution < 1.29 is 18.3 Å². The fraction of sp³-hybridized carbons (Fsp3) is 0.250. The molecule has 5 nitrogen and oxygen atoms in total. The van der Waals surface area contributed by atoms with Gasteiger partial charge >= 0.3 is 0 Å². The van der Waals surface area contributed by atoms with E-state index in [4.69, 9.17) is 4.74 Å². The van der Waals surface area contributed by atoms with E-state index in [1.54, 1.807) is 12.1 Å². The number of rotatable bonds is 5. The SMILES string of the molecule is O=C1Nc2ccc(F)cc2/C1=C\Nc1ccc(NCC2CCCO2)c(F)c1. The summed E-state index contributed by atoms with van der Waals surface area (Å²) in [6, 6.07) is 8.77. The van der Waals surface area contributed by atoms with E-state index in [0.29, 0.717) is 34.7 Å². The Balaban J connectivity index is 1.45. The predicted octanol–water partition coefficient (Wildman–Crippen LogP) is 3.96. The summed E-state index contributed by atoms with van der Waals surface area (Å²) in [6.07, 6.45) is 3.58. The number of hydrogen-bond acceptors (Lipinski definition) is 4. The lowest BCUT2D eigenvalue weighted by Crippen LogP contribution is -2.18. The summed E-state index contributed by atoms with van der Waals surface area (Å²) in [6.45, 7) is 1.32. The van der Waals surface area contributed by atoms with E-state index in [9.17, 15) is 13.6 Å². The molecule has 1 fully saturated rings. The molecule has 2 aromatic rings. The predicted molar refractivity (Wildman–Crippen MR) is 100 cm³/mol. The van der Waals surface area contributed by atoms with Crippen LogP contribution in [0.2, 0.25) is 0 Å². The summed E-state index contributed by atoms with van der Waals surface area (Å²) in [5.74, 6) is -1.17. The Morgan fingerprint density at radius 3 is 2.89 bits per heavy atom. The molecule has 1 amide bonds. The van der Waals surface area contributed by atoms with E-state index in [1.165, 1.54) is 30.5 Å². The van der Waals surface area contributed by atoms with Crippen molar-refractivity contribution in [2.24, 2.45) is 0 Å². The zero-order valence-corrected chi connectivity index (χ0v) is 14.5. The Morgan fingerprint density at radius 1 is 1.22 bits per heavy atom. The highest BCUT2D eigenvalue weighted by molar-refractivity contribution is 6.31. The number of amides is 1. The van der Waals surface area contributed by atoms with Crippen LogP contribution in [0, 0.1) is 11.6 Å². The van der Waals surface area contributed by atoms with E-state index >= 15 is 0 Å². The highest BCUT2D eigenvalue weighted by Gasteiger charge is 2.24. The number of halogens is 2. The molecule has 1 saturated heterocycles. The first-order valence-electron chi connectivity index (χ1n) is 8.83. The first-order valence-corrected chi connectivity index (χ1v) is 8.83. The highest BCUT2D eigenvalue weighted by Crippen LogP contribution is 2.32. The molecule has 0 aliphatic carbocycles. The smallest absolute Gasteiger partial charge is 0.257 e. The number of anilines is 3. The van der Waals surface area contributed by atoms with Crippen LogP contribution >= 0.6 is 0 Å². The van der Waals surface area contributed by atoms with Gasteiger partial charge < -0.3 is 20.7 Å². The van der Waals surface area contributed by atoms with Crippen LogP contribution in [0.25, 0.3) is 5.57 Å². The summed E-state index contributed by atoms with van der Waals surface area (Å²) >= 11 is 0.